The van der Waals surface area contributed by atoms with E-state index >= 15 is 0 Å². The molecule has 112 valence electrons. The summed E-state index contributed by atoms with van der Waals surface area (Å²) in [5, 5.41) is 3.49. The van der Waals surface area contributed by atoms with Crippen LogP contribution < -0.4 is 10.1 Å². The predicted molar refractivity (Wildman–Crippen MR) is 71.4 cm³/mol. The van der Waals surface area contributed by atoms with Crippen molar-refractivity contribution in [2.24, 2.45) is 5.41 Å². The molecule has 20 heavy (non-hydrogen) atoms. The van der Waals surface area contributed by atoms with Gasteiger partial charge in [-0.15, -0.1) is 13.2 Å². The first-order valence-corrected chi connectivity index (χ1v) is 6.84. The summed E-state index contributed by atoms with van der Waals surface area (Å²) < 4.78 is 40.0. The van der Waals surface area contributed by atoms with E-state index in [-0.39, 0.29) is 5.75 Å². The lowest BCUT2D eigenvalue weighted by atomic mass is 9.87. The Morgan fingerprint density at radius 3 is 2.40 bits per heavy atom. The molecular formula is C15H20F3NO. The second kappa shape index (κ2) is 5.64. The van der Waals surface area contributed by atoms with Crippen molar-refractivity contribution in [1.29, 1.82) is 0 Å². The molecule has 1 aliphatic carbocycles. The van der Waals surface area contributed by atoms with Crippen molar-refractivity contribution in [3.05, 3.63) is 29.8 Å². The van der Waals surface area contributed by atoms with Crippen molar-refractivity contribution in [1.82, 2.24) is 5.32 Å². The predicted octanol–water partition coefficient (Wildman–Crippen LogP) is 4.25. The van der Waals surface area contributed by atoms with Gasteiger partial charge in [-0.3, -0.25) is 0 Å². The van der Waals surface area contributed by atoms with E-state index in [4.69, 9.17) is 0 Å². The number of rotatable bonds is 4. The highest BCUT2D eigenvalue weighted by Crippen LogP contribution is 2.37. The fourth-order valence-corrected chi connectivity index (χ4v) is 2.76. The maximum absolute atomic E-state index is 12.0. The van der Waals surface area contributed by atoms with Gasteiger partial charge in [0.1, 0.15) is 5.75 Å². The monoisotopic (exact) mass is 287 g/mol. The van der Waals surface area contributed by atoms with E-state index in [1.165, 1.54) is 25.0 Å². The molecule has 1 fully saturated rings. The third-order valence-corrected chi connectivity index (χ3v) is 3.97. The minimum absolute atomic E-state index is 0.178. The average Bonchev–Trinajstić information content (AvgIpc) is 2.66. The first kappa shape index (κ1) is 15.2. The number of nitrogens with one attached hydrogen (secondary N) is 1. The van der Waals surface area contributed by atoms with Gasteiger partial charge in [0.2, 0.25) is 0 Å². The van der Waals surface area contributed by atoms with Gasteiger partial charge in [-0.25, -0.2) is 0 Å². The van der Waals surface area contributed by atoms with Crippen LogP contribution in [0.1, 0.15) is 38.7 Å². The Hall–Kier alpha value is -1.23. The van der Waals surface area contributed by atoms with Crippen LogP contribution in [0.4, 0.5) is 13.2 Å². The standard InChI is InChI=1S/C15H20F3NO/c1-14(2)9-3-4-13(14)19-10-11-5-7-12(8-6-11)20-15(16,17)18/h5-8,13,19H,3-4,9-10H2,1-2H3. The molecule has 0 radical (unpaired) electrons. The summed E-state index contributed by atoms with van der Waals surface area (Å²) in [6.45, 7) is 5.16. The van der Waals surface area contributed by atoms with Crippen molar-refractivity contribution >= 4 is 0 Å². The molecule has 0 saturated heterocycles. The molecule has 0 spiro atoms. The van der Waals surface area contributed by atoms with Crippen LogP contribution in [0.15, 0.2) is 24.3 Å². The van der Waals surface area contributed by atoms with E-state index in [0.29, 0.717) is 18.0 Å². The zero-order chi connectivity index (χ0) is 14.8. The average molecular weight is 287 g/mol. The normalized spacial score (nSPS) is 21.9. The smallest absolute Gasteiger partial charge is 0.406 e. The van der Waals surface area contributed by atoms with E-state index in [1.54, 1.807) is 12.1 Å². The molecule has 0 aromatic heterocycles. The molecule has 5 heteroatoms. The minimum Gasteiger partial charge on any atom is -0.406 e. The fraction of sp³-hybridized carbons (Fsp3) is 0.600. The van der Waals surface area contributed by atoms with Crippen molar-refractivity contribution in [2.45, 2.75) is 52.1 Å². The molecule has 2 nitrogen and oxygen atoms in total. The molecule has 0 aliphatic heterocycles. The zero-order valence-corrected chi connectivity index (χ0v) is 11.8. The first-order valence-electron chi connectivity index (χ1n) is 6.84. The molecule has 0 amide bonds. The zero-order valence-electron chi connectivity index (χ0n) is 11.8. The fourth-order valence-electron chi connectivity index (χ4n) is 2.76. The quantitative estimate of drug-likeness (QED) is 0.893. The Kier molecular flexibility index (Phi) is 4.28. The van der Waals surface area contributed by atoms with Crippen molar-refractivity contribution in [3.8, 4) is 5.75 Å². The van der Waals surface area contributed by atoms with E-state index < -0.39 is 6.36 Å². The molecule has 2 rings (SSSR count). The van der Waals surface area contributed by atoms with Crippen molar-refractivity contribution in [2.75, 3.05) is 0 Å². The topological polar surface area (TPSA) is 21.3 Å². The van der Waals surface area contributed by atoms with Gasteiger partial charge < -0.3 is 10.1 Å². The third-order valence-electron chi connectivity index (χ3n) is 3.97. The highest BCUT2D eigenvalue weighted by atomic mass is 19.4. The number of ether oxygens (including phenoxy) is 1. The molecule has 1 aromatic carbocycles. The molecule has 1 unspecified atom stereocenters. The van der Waals surface area contributed by atoms with Crippen LogP contribution in [0.25, 0.3) is 0 Å². The SMILES string of the molecule is CC1(C)CCCC1NCc1ccc(OC(F)(F)F)cc1. The number of hydrogen-bond donors (Lipinski definition) is 1. The highest BCUT2D eigenvalue weighted by molar-refractivity contribution is 5.27. The van der Waals surface area contributed by atoms with Gasteiger partial charge in [0.25, 0.3) is 0 Å². The van der Waals surface area contributed by atoms with Crippen LogP contribution in [0.5, 0.6) is 5.75 Å². The Bertz CT molecular complexity index is 439. The summed E-state index contributed by atoms with van der Waals surface area (Å²) in [7, 11) is 0. The number of hydrogen-bond acceptors (Lipinski definition) is 2. The van der Waals surface area contributed by atoms with Crippen molar-refractivity contribution < 1.29 is 17.9 Å². The lowest BCUT2D eigenvalue weighted by Crippen LogP contribution is -2.37. The number of alkyl halides is 3. The summed E-state index contributed by atoms with van der Waals surface area (Å²) >= 11 is 0. The molecule has 1 atom stereocenters. The summed E-state index contributed by atoms with van der Waals surface area (Å²) in [5.41, 5.74) is 1.25. The Balaban J connectivity index is 1.88. The first-order chi connectivity index (χ1) is 9.26. The van der Waals surface area contributed by atoms with Gasteiger partial charge in [-0.1, -0.05) is 32.4 Å². The van der Waals surface area contributed by atoms with Crippen LogP contribution in [0, 0.1) is 5.41 Å². The molecular weight excluding hydrogens is 267 g/mol. The van der Waals surface area contributed by atoms with Crippen LogP contribution >= 0.6 is 0 Å². The largest absolute Gasteiger partial charge is 0.573 e. The van der Waals surface area contributed by atoms with E-state index in [0.717, 1.165) is 12.0 Å². The Labute approximate surface area is 117 Å². The van der Waals surface area contributed by atoms with Gasteiger partial charge in [-0.2, -0.15) is 0 Å². The van der Waals surface area contributed by atoms with Crippen LogP contribution in [0.3, 0.4) is 0 Å². The number of halogens is 3. The molecule has 0 bridgehead atoms. The summed E-state index contributed by atoms with van der Waals surface area (Å²) in [6, 6.07) is 6.49. The van der Waals surface area contributed by atoms with Crippen LogP contribution in [0.2, 0.25) is 0 Å². The maximum atomic E-state index is 12.0. The lowest BCUT2D eigenvalue weighted by Gasteiger charge is -2.28. The molecule has 0 heterocycles. The number of benzene rings is 1. The van der Waals surface area contributed by atoms with Gasteiger partial charge in [0, 0.05) is 12.6 Å². The van der Waals surface area contributed by atoms with E-state index in [1.807, 2.05) is 0 Å². The molecule has 1 N–H and O–H groups in total. The van der Waals surface area contributed by atoms with Gasteiger partial charge in [0.15, 0.2) is 0 Å². The summed E-state index contributed by atoms with van der Waals surface area (Å²) in [6.07, 6.45) is -1.04. The summed E-state index contributed by atoms with van der Waals surface area (Å²) in [5.74, 6) is -0.178. The van der Waals surface area contributed by atoms with Crippen LogP contribution in [-0.4, -0.2) is 12.4 Å². The van der Waals surface area contributed by atoms with Gasteiger partial charge in [0.05, 0.1) is 0 Å². The Morgan fingerprint density at radius 2 is 1.90 bits per heavy atom. The minimum atomic E-state index is -4.63. The van der Waals surface area contributed by atoms with Gasteiger partial charge in [-0.05, 0) is 36.0 Å². The van der Waals surface area contributed by atoms with Gasteiger partial charge >= 0.3 is 6.36 Å². The molecule has 1 aromatic rings. The molecule has 1 aliphatic rings. The lowest BCUT2D eigenvalue weighted by molar-refractivity contribution is -0.274. The maximum Gasteiger partial charge on any atom is 0.573 e. The van der Waals surface area contributed by atoms with E-state index in [9.17, 15) is 13.2 Å². The molecule has 1 saturated carbocycles. The van der Waals surface area contributed by atoms with E-state index in [2.05, 4.69) is 23.9 Å². The second-order valence-electron chi connectivity index (χ2n) is 6.01. The second-order valence-corrected chi connectivity index (χ2v) is 6.01. The van der Waals surface area contributed by atoms with Crippen LogP contribution in [-0.2, 0) is 6.54 Å². The Morgan fingerprint density at radius 1 is 1.25 bits per heavy atom. The van der Waals surface area contributed by atoms with Crippen molar-refractivity contribution in [3.63, 3.8) is 0 Å². The highest BCUT2D eigenvalue weighted by Gasteiger charge is 2.34. The third kappa shape index (κ3) is 4.13. The summed E-state index contributed by atoms with van der Waals surface area (Å²) in [4.78, 5) is 0.